The van der Waals surface area contributed by atoms with Crippen LogP contribution in [0.15, 0.2) is 30.9 Å². The standard InChI is InChI=1S/C11H11NO3/c1-2-8-6-15-7-10-9(8)4-3-5-11(10)12(13)14/h2-5,8H,1,6-7H2/t8-/m0/s1. The summed E-state index contributed by atoms with van der Waals surface area (Å²) in [5.74, 6) is 0.0636. The quantitative estimate of drug-likeness (QED) is 0.423. The second-order valence-corrected chi connectivity index (χ2v) is 3.46. The van der Waals surface area contributed by atoms with Gasteiger partial charge in [-0.2, -0.15) is 0 Å². The lowest BCUT2D eigenvalue weighted by Gasteiger charge is -2.22. The average molecular weight is 205 g/mol. The van der Waals surface area contributed by atoms with Crippen molar-refractivity contribution in [2.75, 3.05) is 6.61 Å². The molecule has 0 unspecified atom stereocenters. The van der Waals surface area contributed by atoms with Gasteiger partial charge in [-0.3, -0.25) is 10.1 Å². The maximum atomic E-state index is 10.8. The van der Waals surface area contributed by atoms with E-state index in [1.807, 2.05) is 6.07 Å². The minimum absolute atomic E-state index is 0.0636. The number of benzene rings is 1. The van der Waals surface area contributed by atoms with Crippen molar-refractivity contribution in [3.63, 3.8) is 0 Å². The molecule has 0 saturated heterocycles. The van der Waals surface area contributed by atoms with E-state index in [1.54, 1.807) is 12.1 Å². The van der Waals surface area contributed by atoms with Crippen LogP contribution in [0.25, 0.3) is 0 Å². The molecule has 1 atom stereocenters. The highest BCUT2D eigenvalue weighted by atomic mass is 16.6. The Bertz CT molecular complexity index is 414. The maximum Gasteiger partial charge on any atom is 0.275 e. The molecule has 4 nitrogen and oxygen atoms in total. The van der Waals surface area contributed by atoms with E-state index in [0.29, 0.717) is 18.8 Å². The first-order valence-electron chi connectivity index (χ1n) is 4.70. The molecule has 1 aromatic carbocycles. The van der Waals surface area contributed by atoms with Gasteiger partial charge in [-0.25, -0.2) is 0 Å². The molecular formula is C11H11NO3. The molecule has 1 aliphatic heterocycles. The number of hydrogen-bond acceptors (Lipinski definition) is 3. The summed E-state index contributed by atoms with van der Waals surface area (Å²) in [5, 5.41) is 10.8. The maximum absolute atomic E-state index is 10.8. The molecule has 0 aromatic heterocycles. The van der Waals surface area contributed by atoms with E-state index in [4.69, 9.17) is 4.74 Å². The van der Waals surface area contributed by atoms with E-state index in [2.05, 4.69) is 6.58 Å². The van der Waals surface area contributed by atoms with Crippen LogP contribution in [-0.2, 0) is 11.3 Å². The largest absolute Gasteiger partial charge is 0.376 e. The Labute approximate surface area is 87.3 Å². The number of nitro groups is 1. The van der Waals surface area contributed by atoms with Gasteiger partial charge in [0.2, 0.25) is 0 Å². The van der Waals surface area contributed by atoms with Crippen molar-refractivity contribution >= 4 is 5.69 Å². The zero-order chi connectivity index (χ0) is 10.8. The lowest BCUT2D eigenvalue weighted by molar-refractivity contribution is -0.386. The predicted octanol–water partition coefficient (Wildman–Crippen LogP) is 2.39. The Hall–Kier alpha value is -1.68. The lowest BCUT2D eigenvalue weighted by atomic mass is 9.92. The Morgan fingerprint density at radius 3 is 3.07 bits per heavy atom. The second-order valence-electron chi connectivity index (χ2n) is 3.46. The Morgan fingerprint density at radius 2 is 2.40 bits per heavy atom. The molecule has 0 saturated carbocycles. The monoisotopic (exact) mass is 205 g/mol. The summed E-state index contributed by atoms with van der Waals surface area (Å²) in [4.78, 5) is 10.4. The molecule has 78 valence electrons. The van der Waals surface area contributed by atoms with Crippen molar-refractivity contribution < 1.29 is 9.66 Å². The molecule has 1 aromatic rings. The van der Waals surface area contributed by atoms with Gasteiger partial charge in [0.05, 0.1) is 23.7 Å². The van der Waals surface area contributed by atoms with Crippen molar-refractivity contribution in [1.82, 2.24) is 0 Å². The van der Waals surface area contributed by atoms with Gasteiger partial charge in [-0.1, -0.05) is 18.2 Å². The number of nitro benzene ring substituents is 1. The zero-order valence-electron chi connectivity index (χ0n) is 8.18. The lowest BCUT2D eigenvalue weighted by Crippen LogP contribution is -2.16. The molecule has 4 heteroatoms. The molecular weight excluding hydrogens is 194 g/mol. The summed E-state index contributed by atoms with van der Waals surface area (Å²) in [6.45, 7) is 4.58. The molecule has 0 radical (unpaired) electrons. The smallest absolute Gasteiger partial charge is 0.275 e. The topological polar surface area (TPSA) is 52.4 Å². The number of rotatable bonds is 2. The van der Waals surface area contributed by atoms with Crippen LogP contribution in [0.4, 0.5) is 5.69 Å². The molecule has 0 bridgehead atoms. The summed E-state index contributed by atoms with van der Waals surface area (Å²) in [5.41, 5.74) is 1.78. The summed E-state index contributed by atoms with van der Waals surface area (Å²) in [7, 11) is 0. The Kier molecular flexibility index (Phi) is 2.51. The third-order valence-electron chi connectivity index (χ3n) is 2.61. The van der Waals surface area contributed by atoms with Crippen LogP contribution in [0.3, 0.4) is 0 Å². The first kappa shape index (κ1) is 9.86. The van der Waals surface area contributed by atoms with Crippen LogP contribution >= 0.6 is 0 Å². The molecule has 1 aliphatic rings. The van der Waals surface area contributed by atoms with E-state index in [0.717, 1.165) is 5.56 Å². The average Bonchev–Trinajstić information content (AvgIpc) is 2.27. The van der Waals surface area contributed by atoms with Crippen LogP contribution in [0.5, 0.6) is 0 Å². The number of ether oxygens (including phenoxy) is 1. The highest BCUT2D eigenvalue weighted by molar-refractivity contribution is 5.48. The zero-order valence-corrected chi connectivity index (χ0v) is 8.18. The van der Waals surface area contributed by atoms with Gasteiger partial charge in [-0.15, -0.1) is 6.58 Å². The fraction of sp³-hybridized carbons (Fsp3) is 0.273. The fourth-order valence-electron chi connectivity index (χ4n) is 1.84. The van der Waals surface area contributed by atoms with Crippen molar-refractivity contribution in [2.24, 2.45) is 0 Å². The van der Waals surface area contributed by atoms with E-state index in [1.165, 1.54) is 6.07 Å². The van der Waals surface area contributed by atoms with Crippen molar-refractivity contribution in [2.45, 2.75) is 12.5 Å². The van der Waals surface area contributed by atoms with Gasteiger partial charge < -0.3 is 4.74 Å². The van der Waals surface area contributed by atoms with Gasteiger partial charge in [-0.05, 0) is 5.56 Å². The summed E-state index contributed by atoms with van der Waals surface area (Å²) < 4.78 is 5.31. The summed E-state index contributed by atoms with van der Waals surface area (Å²) >= 11 is 0. The van der Waals surface area contributed by atoms with Crippen molar-refractivity contribution in [3.8, 4) is 0 Å². The first-order valence-corrected chi connectivity index (χ1v) is 4.70. The van der Waals surface area contributed by atoms with Gasteiger partial charge in [0.25, 0.3) is 5.69 Å². The van der Waals surface area contributed by atoms with E-state index in [-0.39, 0.29) is 16.5 Å². The molecule has 0 spiro atoms. The van der Waals surface area contributed by atoms with Gasteiger partial charge in [0.15, 0.2) is 0 Å². The van der Waals surface area contributed by atoms with E-state index >= 15 is 0 Å². The van der Waals surface area contributed by atoms with E-state index < -0.39 is 0 Å². The third kappa shape index (κ3) is 1.64. The van der Waals surface area contributed by atoms with Gasteiger partial charge in [0.1, 0.15) is 0 Å². The normalized spacial score (nSPS) is 19.3. The molecule has 0 aliphatic carbocycles. The van der Waals surface area contributed by atoms with Crippen LogP contribution in [0, 0.1) is 10.1 Å². The van der Waals surface area contributed by atoms with Gasteiger partial charge in [0, 0.05) is 12.0 Å². The third-order valence-corrected chi connectivity index (χ3v) is 2.61. The highest BCUT2D eigenvalue weighted by Gasteiger charge is 2.25. The predicted molar refractivity (Wildman–Crippen MR) is 55.7 cm³/mol. The number of hydrogen-bond donors (Lipinski definition) is 0. The Morgan fingerprint density at radius 1 is 1.60 bits per heavy atom. The SMILES string of the molecule is C=C[C@H]1COCc2c1cccc2[N+](=O)[O-]. The van der Waals surface area contributed by atoms with Crippen molar-refractivity contribution in [3.05, 3.63) is 52.1 Å². The highest BCUT2D eigenvalue weighted by Crippen LogP contribution is 2.33. The minimum Gasteiger partial charge on any atom is -0.376 e. The summed E-state index contributed by atoms with van der Waals surface area (Å²) in [6, 6.07) is 5.11. The van der Waals surface area contributed by atoms with E-state index in [9.17, 15) is 10.1 Å². The number of fused-ring (bicyclic) bond motifs is 1. The summed E-state index contributed by atoms with van der Waals surface area (Å²) in [6.07, 6.45) is 1.77. The molecule has 0 fully saturated rings. The molecule has 0 amide bonds. The fourth-order valence-corrected chi connectivity index (χ4v) is 1.84. The van der Waals surface area contributed by atoms with Crippen LogP contribution in [0.2, 0.25) is 0 Å². The minimum atomic E-state index is -0.367. The van der Waals surface area contributed by atoms with Crippen LogP contribution < -0.4 is 0 Å². The second kappa shape index (κ2) is 3.82. The van der Waals surface area contributed by atoms with Crippen LogP contribution in [-0.4, -0.2) is 11.5 Å². The van der Waals surface area contributed by atoms with Crippen molar-refractivity contribution in [1.29, 1.82) is 0 Å². The molecule has 0 N–H and O–H groups in total. The molecule has 15 heavy (non-hydrogen) atoms. The Balaban J connectivity index is 2.55. The van der Waals surface area contributed by atoms with Gasteiger partial charge >= 0.3 is 0 Å². The first-order chi connectivity index (χ1) is 7.24. The van der Waals surface area contributed by atoms with Crippen LogP contribution in [0.1, 0.15) is 17.0 Å². The number of nitrogens with zero attached hydrogens (tertiary/aromatic N) is 1. The molecule has 2 rings (SSSR count). The molecule has 1 heterocycles.